The molecule has 2 rings (SSSR count). The van der Waals surface area contributed by atoms with Gasteiger partial charge in [-0.05, 0) is 62.6 Å². The van der Waals surface area contributed by atoms with Gasteiger partial charge in [0, 0.05) is 13.1 Å². The lowest BCUT2D eigenvalue weighted by Gasteiger charge is -2.42. The Morgan fingerprint density at radius 3 is 2.37 bits per heavy atom. The molecule has 1 saturated carbocycles. The lowest BCUT2D eigenvalue weighted by molar-refractivity contribution is 0.0973. The van der Waals surface area contributed by atoms with Crippen molar-refractivity contribution in [3.63, 3.8) is 0 Å². The summed E-state index contributed by atoms with van der Waals surface area (Å²) >= 11 is 0. The van der Waals surface area contributed by atoms with Crippen LogP contribution in [0.3, 0.4) is 0 Å². The van der Waals surface area contributed by atoms with Gasteiger partial charge in [0.1, 0.15) is 0 Å². The van der Waals surface area contributed by atoms with E-state index in [1.165, 1.54) is 71.2 Å². The maximum atomic E-state index is 3.76. The van der Waals surface area contributed by atoms with Crippen LogP contribution >= 0.6 is 0 Å². The molecule has 1 saturated heterocycles. The fraction of sp³-hybridized carbons (Fsp3) is 1.00. The Kier molecular flexibility index (Phi) is 5.70. The van der Waals surface area contributed by atoms with Crippen LogP contribution in [0.15, 0.2) is 0 Å². The molecule has 1 aliphatic heterocycles. The zero-order valence-corrected chi connectivity index (χ0v) is 13.4. The molecule has 1 heterocycles. The van der Waals surface area contributed by atoms with Gasteiger partial charge in [0.15, 0.2) is 0 Å². The minimum absolute atomic E-state index is 0.575. The van der Waals surface area contributed by atoms with Crippen molar-refractivity contribution >= 4 is 0 Å². The largest absolute Gasteiger partial charge is 0.316 e. The second-order valence-corrected chi connectivity index (χ2v) is 7.69. The molecule has 2 aliphatic rings. The third kappa shape index (κ3) is 4.75. The summed E-state index contributed by atoms with van der Waals surface area (Å²) in [6, 6.07) is 0. The molecule has 0 aromatic heterocycles. The molecule has 1 aliphatic carbocycles. The SMILES string of the molecule is CC(C)CNCC1(CN2CCCC2)CCC(C)CC1. The smallest absolute Gasteiger partial charge is 0.00501 e. The predicted molar refractivity (Wildman–Crippen MR) is 83.4 cm³/mol. The summed E-state index contributed by atoms with van der Waals surface area (Å²) in [5.41, 5.74) is 0.575. The summed E-state index contributed by atoms with van der Waals surface area (Å²) in [7, 11) is 0. The summed E-state index contributed by atoms with van der Waals surface area (Å²) in [4.78, 5) is 2.73. The van der Waals surface area contributed by atoms with Crippen molar-refractivity contribution in [1.29, 1.82) is 0 Å². The number of hydrogen-bond donors (Lipinski definition) is 1. The quantitative estimate of drug-likeness (QED) is 0.791. The van der Waals surface area contributed by atoms with Crippen LogP contribution < -0.4 is 5.32 Å². The van der Waals surface area contributed by atoms with Gasteiger partial charge < -0.3 is 10.2 Å². The highest BCUT2D eigenvalue weighted by Crippen LogP contribution is 2.39. The van der Waals surface area contributed by atoms with Crippen LogP contribution in [0.1, 0.15) is 59.3 Å². The first-order valence-corrected chi connectivity index (χ1v) is 8.53. The van der Waals surface area contributed by atoms with E-state index in [-0.39, 0.29) is 0 Å². The average molecular weight is 266 g/mol. The minimum atomic E-state index is 0.575. The van der Waals surface area contributed by atoms with E-state index in [1.54, 1.807) is 0 Å². The van der Waals surface area contributed by atoms with Crippen molar-refractivity contribution in [3.05, 3.63) is 0 Å². The highest BCUT2D eigenvalue weighted by Gasteiger charge is 2.35. The molecule has 0 aromatic carbocycles. The Bertz CT molecular complexity index is 248. The van der Waals surface area contributed by atoms with Gasteiger partial charge in [-0.2, -0.15) is 0 Å². The van der Waals surface area contributed by atoms with Crippen molar-refractivity contribution in [2.75, 3.05) is 32.7 Å². The van der Waals surface area contributed by atoms with Crippen molar-refractivity contribution in [2.45, 2.75) is 59.3 Å². The number of hydrogen-bond acceptors (Lipinski definition) is 2. The molecule has 19 heavy (non-hydrogen) atoms. The van der Waals surface area contributed by atoms with Gasteiger partial charge in [-0.15, -0.1) is 0 Å². The van der Waals surface area contributed by atoms with Gasteiger partial charge in [-0.3, -0.25) is 0 Å². The van der Waals surface area contributed by atoms with Crippen LogP contribution in [-0.4, -0.2) is 37.6 Å². The molecule has 2 nitrogen and oxygen atoms in total. The first kappa shape index (κ1) is 15.3. The van der Waals surface area contributed by atoms with E-state index < -0.39 is 0 Å². The van der Waals surface area contributed by atoms with E-state index in [4.69, 9.17) is 0 Å². The second kappa shape index (κ2) is 7.08. The normalized spacial score (nSPS) is 33.2. The van der Waals surface area contributed by atoms with Crippen LogP contribution in [-0.2, 0) is 0 Å². The predicted octanol–water partition coefficient (Wildman–Crippen LogP) is 3.52. The maximum Gasteiger partial charge on any atom is 0.00501 e. The number of nitrogens with one attached hydrogen (secondary N) is 1. The summed E-state index contributed by atoms with van der Waals surface area (Å²) < 4.78 is 0. The molecule has 2 heteroatoms. The molecule has 0 bridgehead atoms. The Hall–Kier alpha value is -0.0800. The first-order valence-electron chi connectivity index (χ1n) is 8.53. The third-order valence-electron chi connectivity index (χ3n) is 5.15. The highest BCUT2D eigenvalue weighted by atomic mass is 15.1. The van der Waals surface area contributed by atoms with Crippen LogP contribution in [0.4, 0.5) is 0 Å². The molecule has 0 spiro atoms. The van der Waals surface area contributed by atoms with E-state index in [0.29, 0.717) is 5.41 Å². The van der Waals surface area contributed by atoms with E-state index >= 15 is 0 Å². The van der Waals surface area contributed by atoms with E-state index in [1.807, 2.05) is 0 Å². The summed E-state index contributed by atoms with van der Waals surface area (Å²) in [6.45, 7) is 13.5. The summed E-state index contributed by atoms with van der Waals surface area (Å²) in [6.07, 6.45) is 8.61. The van der Waals surface area contributed by atoms with Gasteiger partial charge in [-0.25, -0.2) is 0 Å². The molecular weight excluding hydrogens is 232 g/mol. The zero-order chi connectivity index (χ0) is 13.7. The Balaban J connectivity index is 1.87. The van der Waals surface area contributed by atoms with E-state index in [2.05, 4.69) is 31.0 Å². The fourth-order valence-electron chi connectivity index (χ4n) is 3.81. The number of rotatable bonds is 6. The van der Waals surface area contributed by atoms with Gasteiger partial charge in [-0.1, -0.05) is 33.6 Å². The van der Waals surface area contributed by atoms with Gasteiger partial charge in [0.25, 0.3) is 0 Å². The molecule has 2 fully saturated rings. The Labute approximate surface area is 120 Å². The van der Waals surface area contributed by atoms with Crippen LogP contribution in [0, 0.1) is 17.3 Å². The van der Waals surface area contributed by atoms with E-state index in [9.17, 15) is 0 Å². The van der Waals surface area contributed by atoms with Crippen molar-refractivity contribution in [2.24, 2.45) is 17.3 Å². The molecule has 0 atom stereocenters. The standard InChI is InChI=1S/C17H34N2/c1-15(2)12-18-13-17(8-6-16(3)7-9-17)14-19-10-4-5-11-19/h15-16,18H,4-14H2,1-3H3. The second-order valence-electron chi connectivity index (χ2n) is 7.69. The molecule has 112 valence electrons. The summed E-state index contributed by atoms with van der Waals surface area (Å²) in [5.74, 6) is 1.73. The van der Waals surface area contributed by atoms with Crippen LogP contribution in [0.5, 0.6) is 0 Å². The molecule has 0 amide bonds. The van der Waals surface area contributed by atoms with Crippen molar-refractivity contribution in [3.8, 4) is 0 Å². The highest BCUT2D eigenvalue weighted by molar-refractivity contribution is 4.90. The molecular formula is C17H34N2. The molecule has 1 N–H and O–H groups in total. The monoisotopic (exact) mass is 266 g/mol. The lowest BCUT2D eigenvalue weighted by atomic mass is 9.70. The first-order chi connectivity index (χ1) is 9.10. The van der Waals surface area contributed by atoms with Crippen LogP contribution in [0.25, 0.3) is 0 Å². The van der Waals surface area contributed by atoms with Gasteiger partial charge >= 0.3 is 0 Å². The Morgan fingerprint density at radius 2 is 1.79 bits per heavy atom. The average Bonchev–Trinajstić information content (AvgIpc) is 2.85. The number of nitrogens with zero attached hydrogens (tertiary/aromatic N) is 1. The lowest BCUT2D eigenvalue weighted by Crippen LogP contribution is -2.46. The van der Waals surface area contributed by atoms with Crippen LogP contribution in [0.2, 0.25) is 0 Å². The molecule has 0 unspecified atom stereocenters. The van der Waals surface area contributed by atoms with E-state index in [0.717, 1.165) is 11.8 Å². The third-order valence-corrected chi connectivity index (χ3v) is 5.15. The minimum Gasteiger partial charge on any atom is -0.316 e. The molecule has 0 radical (unpaired) electrons. The number of likely N-dealkylation sites (tertiary alicyclic amines) is 1. The van der Waals surface area contributed by atoms with Crippen molar-refractivity contribution in [1.82, 2.24) is 10.2 Å². The zero-order valence-electron chi connectivity index (χ0n) is 13.4. The molecule has 0 aromatic rings. The van der Waals surface area contributed by atoms with Gasteiger partial charge in [0.2, 0.25) is 0 Å². The Morgan fingerprint density at radius 1 is 1.16 bits per heavy atom. The fourth-order valence-corrected chi connectivity index (χ4v) is 3.81. The van der Waals surface area contributed by atoms with Crippen molar-refractivity contribution < 1.29 is 0 Å². The van der Waals surface area contributed by atoms with Gasteiger partial charge in [0.05, 0.1) is 0 Å². The maximum absolute atomic E-state index is 3.76. The topological polar surface area (TPSA) is 15.3 Å². The summed E-state index contributed by atoms with van der Waals surface area (Å²) in [5, 5.41) is 3.76.